The summed E-state index contributed by atoms with van der Waals surface area (Å²) in [6, 6.07) is 5.11. The van der Waals surface area contributed by atoms with E-state index in [9.17, 15) is 52.7 Å². The molecule has 0 atom stereocenters. The van der Waals surface area contributed by atoms with Gasteiger partial charge in [0.25, 0.3) is 0 Å². The number of hydrogen-bond acceptors (Lipinski definition) is 5. The standard InChI is InChI=1S/C14H9F12O4PS/c15-11(16,17)9(12(18,19)20)10(13(21,22)23,14(24,25)26)30-31(29-9,27-6-7-32-31)28-8-4-2-1-3-5-8/h1-5H,6-7H2. The molecule has 18 heteroatoms. The van der Waals surface area contributed by atoms with Gasteiger partial charge in [0.15, 0.2) is 0 Å². The monoisotopic (exact) mass is 532 g/mol. The first kappa shape index (κ1) is 25.5. The van der Waals surface area contributed by atoms with E-state index in [1.165, 1.54) is 6.07 Å². The Morgan fingerprint density at radius 3 is 1.44 bits per heavy atom. The van der Waals surface area contributed by atoms with Crippen LogP contribution in [0, 0.1) is 0 Å². The molecule has 2 heterocycles. The van der Waals surface area contributed by atoms with Crippen LogP contribution in [0.4, 0.5) is 52.7 Å². The van der Waals surface area contributed by atoms with Crippen molar-refractivity contribution in [3.05, 3.63) is 30.3 Å². The molecule has 1 aromatic rings. The topological polar surface area (TPSA) is 36.9 Å². The number of alkyl halides is 12. The summed E-state index contributed by atoms with van der Waals surface area (Å²) in [6.45, 7) is -7.87. The van der Waals surface area contributed by atoms with Gasteiger partial charge < -0.3 is 0 Å². The summed E-state index contributed by atoms with van der Waals surface area (Å²) >= 11 is -0.395. The Labute approximate surface area is 174 Å². The normalized spacial score (nSPS) is 25.9. The third kappa shape index (κ3) is 3.26. The number of benzene rings is 1. The molecule has 2 fully saturated rings. The summed E-state index contributed by atoms with van der Waals surface area (Å²) in [6.07, 6.45) is -29.4. The van der Waals surface area contributed by atoms with E-state index in [-0.39, 0.29) is 0 Å². The molecule has 0 amide bonds. The fraction of sp³-hybridized carbons (Fsp3) is 0.571. The molecular weight excluding hydrogens is 523 g/mol. The van der Waals surface area contributed by atoms with E-state index in [0.29, 0.717) is 0 Å². The molecule has 0 unspecified atom stereocenters. The van der Waals surface area contributed by atoms with Crippen LogP contribution in [0.1, 0.15) is 0 Å². The van der Waals surface area contributed by atoms with Crippen molar-refractivity contribution in [1.29, 1.82) is 0 Å². The molecule has 2 aliphatic rings. The Bertz CT molecular complexity index is 788. The van der Waals surface area contributed by atoms with Crippen LogP contribution in [-0.4, -0.2) is 48.3 Å². The second kappa shape index (κ2) is 6.93. The van der Waals surface area contributed by atoms with Crippen LogP contribution in [-0.2, 0) is 13.6 Å². The molecule has 0 N–H and O–H groups in total. The summed E-state index contributed by atoms with van der Waals surface area (Å²) in [4.78, 5) is 0. The van der Waals surface area contributed by atoms with Gasteiger partial charge in [-0.15, -0.1) is 0 Å². The summed E-state index contributed by atoms with van der Waals surface area (Å²) in [5.74, 6) is -1.44. The van der Waals surface area contributed by atoms with E-state index in [4.69, 9.17) is 4.52 Å². The van der Waals surface area contributed by atoms with Gasteiger partial charge in [0.05, 0.1) is 0 Å². The van der Waals surface area contributed by atoms with Crippen LogP contribution in [0.5, 0.6) is 5.75 Å². The Hall–Kier alpha value is -1.16. The van der Waals surface area contributed by atoms with Gasteiger partial charge in [-0.2, -0.15) is 0 Å². The Balaban J connectivity index is 2.45. The molecule has 1 spiro atoms. The predicted octanol–water partition coefficient (Wildman–Crippen LogP) is 6.73. The average Bonchev–Trinajstić information content (AvgIpc) is 3.13. The average molecular weight is 532 g/mol. The van der Waals surface area contributed by atoms with Crippen molar-refractivity contribution >= 4 is 18.1 Å². The van der Waals surface area contributed by atoms with Gasteiger partial charge >= 0.3 is 173 Å². The number of hydrogen-bond donors (Lipinski definition) is 0. The zero-order valence-electron chi connectivity index (χ0n) is 14.8. The van der Waals surface area contributed by atoms with Gasteiger partial charge in [0.1, 0.15) is 0 Å². The third-order valence-corrected chi connectivity index (χ3v) is 10.2. The molecule has 184 valence electrons. The molecule has 4 nitrogen and oxygen atoms in total. The number of para-hydroxylation sites is 1. The van der Waals surface area contributed by atoms with Crippen LogP contribution in [0.3, 0.4) is 0 Å². The molecule has 0 radical (unpaired) electrons. The summed E-state index contributed by atoms with van der Waals surface area (Å²) < 4.78 is 183. The van der Waals surface area contributed by atoms with Gasteiger partial charge in [-0.3, -0.25) is 0 Å². The summed E-state index contributed by atoms with van der Waals surface area (Å²) in [5.41, 5.74) is -13.9. The molecule has 32 heavy (non-hydrogen) atoms. The first-order chi connectivity index (χ1) is 14.3. The quantitative estimate of drug-likeness (QED) is 0.312. The van der Waals surface area contributed by atoms with Crippen molar-refractivity contribution in [2.75, 3.05) is 12.4 Å². The van der Waals surface area contributed by atoms with Crippen molar-refractivity contribution in [2.45, 2.75) is 35.9 Å². The van der Waals surface area contributed by atoms with E-state index in [1.807, 2.05) is 0 Å². The second-order valence-electron chi connectivity index (χ2n) is 6.35. The third-order valence-electron chi connectivity index (χ3n) is 4.35. The van der Waals surface area contributed by atoms with Gasteiger partial charge in [-0.05, 0) is 0 Å². The molecule has 0 aliphatic carbocycles. The SMILES string of the molecule is FC(F)(F)C1(C(F)(F)F)OP2(Oc3ccccc3)(OCCS2)OC1(C(F)(F)F)C(F)(F)F. The second-order valence-corrected chi connectivity index (χ2v) is 11.9. The summed E-state index contributed by atoms with van der Waals surface area (Å²) in [5, 5.41) is 0. The van der Waals surface area contributed by atoms with E-state index in [0.717, 1.165) is 24.3 Å². The molecule has 0 bridgehead atoms. The maximum absolute atomic E-state index is 13.8. The van der Waals surface area contributed by atoms with Gasteiger partial charge in [-0.25, -0.2) is 0 Å². The number of halogens is 12. The van der Waals surface area contributed by atoms with E-state index in [1.54, 1.807) is 0 Å². The first-order valence-electron chi connectivity index (χ1n) is 8.03. The maximum atomic E-state index is 13.8. The van der Waals surface area contributed by atoms with Crippen LogP contribution in [0.2, 0.25) is 0 Å². The molecule has 3 rings (SSSR count). The number of rotatable bonds is 2. The fourth-order valence-electron chi connectivity index (χ4n) is 3.18. The van der Waals surface area contributed by atoms with E-state index in [2.05, 4.69) is 13.6 Å². The Morgan fingerprint density at radius 1 is 0.719 bits per heavy atom. The van der Waals surface area contributed by atoms with E-state index < -0.39 is 72.1 Å². The van der Waals surface area contributed by atoms with Gasteiger partial charge in [-0.1, -0.05) is 0 Å². The van der Waals surface area contributed by atoms with Crippen molar-refractivity contribution in [2.24, 2.45) is 0 Å². The first-order valence-corrected chi connectivity index (χ1v) is 11.5. The van der Waals surface area contributed by atoms with Crippen molar-refractivity contribution in [3.8, 4) is 5.75 Å². The zero-order chi connectivity index (χ0) is 24.5. The molecule has 0 saturated carbocycles. The molecule has 0 aromatic heterocycles. The van der Waals surface area contributed by atoms with Crippen LogP contribution < -0.4 is 4.52 Å². The predicted molar refractivity (Wildman–Crippen MR) is 84.3 cm³/mol. The molecular formula is C14H9F12O4PS. The van der Waals surface area contributed by atoms with Gasteiger partial charge in [0.2, 0.25) is 0 Å². The minimum atomic E-state index is -7.34. The summed E-state index contributed by atoms with van der Waals surface area (Å²) in [7, 11) is 0. The van der Waals surface area contributed by atoms with Crippen molar-refractivity contribution in [3.63, 3.8) is 0 Å². The van der Waals surface area contributed by atoms with Gasteiger partial charge in [0, 0.05) is 0 Å². The van der Waals surface area contributed by atoms with Crippen LogP contribution >= 0.6 is 18.1 Å². The minimum absolute atomic E-state index is 0.395. The molecule has 2 aliphatic heterocycles. The Kier molecular flexibility index (Phi) is 5.52. The van der Waals surface area contributed by atoms with Crippen LogP contribution in [0.25, 0.3) is 0 Å². The molecule has 2 saturated heterocycles. The van der Waals surface area contributed by atoms with E-state index >= 15 is 0 Å². The zero-order valence-corrected chi connectivity index (χ0v) is 16.5. The molecule has 1 aromatic carbocycles. The fourth-order valence-corrected chi connectivity index (χ4v) is 9.65. The van der Waals surface area contributed by atoms with Crippen LogP contribution in [0.15, 0.2) is 30.3 Å². The Morgan fingerprint density at radius 2 is 1.12 bits per heavy atom. The van der Waals surface area contributed by atoms with Crippen molar-refractivity contribution < 1.29 is 70.8 Å². The van der Waals surface area contributed by atoms with Crippen molar-refractivity contribution in [1.82, 2.24) is 0 Å².